The highest BCUT2D eigenvalue weighted by Gasteiger charge is 2.16. The highest BCUT2D eigenvalue weighted by molar-refractivity contribution is 7.18. The third-order valence-corrected chi connectivity index (χ3v) is 5.51. The van der Waals surface area contributed by atoms with Gasteiger partial charge in [0.05, 0.1) is 16.3 Å². The van der Waals surface area contributed by atoms with E-state index in [1.165, 1.54) is 20.1 Å². The molecular formula is C15H16N2S2. The molecule has 0 radical (unpaired) electrons. The molecule has 0 aliphatic rings. The zero-order valence-corrected chi connectivity index (χ0v) is 12.6. The number of rotatable bonds is 4. The number of likely N-dealkylation sites (N-methyl/N-ethyl adjacent to an activating group) is 1. The first-order valence-electron chi connectivity index (χ1n) is 6.33. The Morgan fingerprint density at radius 1 is 1.26 bits per heavy atom. The van der Waals surface area contributed by atoms with Crippen molar-refractivity contribution in [3.05, 3.63) is 51.2 Å². The van der Waals surface area contributed by atoms with Gasteiger partial charge in [0.15, 0.2) is 0 Å². The Bertz CT molecular complexity index is 651. The van der Waals surface area contributed by atoms with Crippen molar-refractivity contribution in [3.63, 3.8) is 0 Å². The predicted octanol–water partition coefficient (Wildman–Crippen LogP) is 4.17. The maximum absolute atomic E-state index is 4.75. The van der Waals surface area contributed by atoms with Crippen molar-refractivity contribution in [1.29, 1.82) is 0 Å². The zero-order valence-electron chi connectivity index (χ0n) is 11.0. The highest BCUT2D eigenvalue weighted by Crippen LogP contribution is 2.29. The average Bonchev–Trinajstić information content (AvgIpc) is 3.02. The Hall–Kier alpha value is -1.23. The maximum Gasteiger partial charge on any atom is 0.111 e. The molecule has 0 aliphatic carbocycles. The van der Waals surface area contributed by atoms with Crippen molar-refractivity contribution in [2.45, 2.75) is 19.4 Å². The van der Waals surface area contributed by atoms with E-state index in [9.17, 15) is 0 Å². The van der Waals surface area contributed by atoms with Crippen LogP contribution in [0.4, 0.5) is 0 Å². The summed E-state index contributed by atoms with van der Waals surface area (Å²) >= 11 is 3.62. The normalized spacial score (nSPS) is 12.9. The van der Waals surface area contributed by atoms with E-state index in [0.29, 0.717) is 6.04 Å². The number of fused-ring (bicyclic) bond motifs is 1. The molecule has 2 aromatic heterocycles. The minimum absolute atomic E-state index is 0.301. The van der Waals surface area contributed by atoms with Gasteiger partial charge in [0.2, 0.25) is 0 Å². The Morgan fingerprint density at radius 3 is 2.79 bits per heavy atom. The molecule has 19 heavy (non-hydrogen) atoms. The van der Waals surface area contributed by atoms with E-state index in [0.717, 1.165) is 11.9 Å². The summed E-state index contributed by atoms with van der Waals surface area (Å²) < 4.78 is 1.26. The van der Waals surface area contributed by atoms with Gasteiger partial charge in [0.1, 0.15) is 5.01 Å². The molecule has 3 rings (SSSR count). The predicted molar refractivity (Wildman–Crippen MR) is 84.2 cm³/mol. The number of nitrogens with one attached hydrogen (secondary N) is 1. The molecule has 0 saturated heterocycles. The molecule has 0 fully saturated rings. The summed E-state index contributed by atoms with van der Waals surface area (Å²) in [7, 11) is 2.01. The summed E-state index contributed by atoms with van der Waals surface area (Å²) in [5.41, 5.74) is 2.48. The van der Waals surface area contributed by atoms with Gasteiger partial charge in [-0.1, -0.05) is 12.1 Å². The lowest BCUT2D eigenvalue weighted by Gasteiger charge is -2.12. The third-order valence-electron chi connectivity index (χ3n) is 3.31. The van der Waals surface area contributed by atoms with Crippen LogP contribution in [0.2, 0.25) is 0 Å². The molecule has 3 aromatic rings. The lowest BCUT2D eigenvalue weighted by Crippen LogP contribution is -2.18. The molecule has 2 nitrogen and oxygen atoms in total. The molecule has 0 spiro atoms. The van der Waals surface area contributed by atoms with Crippen LogP contribution in [0.1, 0.15) is 21.5 Å². The monoisotopic (exact) mass is 288 g/mol. The van der Waals surface area contributed by atoms with Gasteiger partial charge in [-0.25, -0.2) is 4.98 Å². The van der Waals surface area contributed by atoms with Gasteiger partial charge >= 0.3 is 0 Å². The second-order valence-corrected chi connectivity index (χ2v) is 6.65. The fourth-order valence-electron chi connectivity index (χ4n) is 2.15. The number of para-hydroxylation sites is 1. The summed E-state index contributed by atoms with van der Waals surface area (Å²) in [5.74, 6) is 0. The number of aryl methyl sites for hydroxylation is 1. The van der Waals surface area contributed by atoms with E-state index in [1.807, 2.05) is 24.5 Å². The molecule has 0 saturated carbocycles. The second-order valence-electron chi connectivity index (χ2n) is 4.59. The number of thiazole rings is 1. The first-order chi connectivity index (χ1) is 9.28. The van der Waals surface area contributed by atoms with Gasteiger partial charge < -0.3 is 5.32 Å². The maximum atomic E-state index is 4.75. The van der Waals surface area contributed by atoms with Crippen molar-refractivity contribution in [2.75, 3.05) is 7.05 Å². The summed E-state index contributed by atoms with van der Waals surface area (Å²) in [4.78, 5) is 6.20. The lowest BCUT2D eigenvalue weighted by molar-refractivity contribution is 0.593. The SMILES string of the molecule is CNC(Cc1sccc1C)c1nc2ccccc2s1. The first kappa shape index (κ1) is 12.8. The van der Waals surface area contributed by atoms with Crippen LogP contribution in [-0.2, 0) is 6.42 Å². The molecule has 98 valence electrons. The van der Waals surface area contributed by atoms with Crippen molar-refractivity contribution in [3.8, 4) is 0 Å². The standard InChI is InChI=1S/C15H16N2S2/c1-10-7-8-18-14(10)9-12(16-2)15-17-11-5-3-4-6-13(11)19-15/h3-8,12,16H,9H2,1-2H3. The fourth-order valence-corrected chi connectivity index (χ4v) is 4.18. The third kappa shape index (κ3) is 2.56. The van der Waals surface area contributed by atoms with Crippen LogP contribution in [0.25, 0.3) is 10.2 Å². The van der Waals surface area contributed by atoms with Crippen LogP contribution in [0.3, 0.4) is 0 Å². The van der Waals surface area contributed by atoms with Crippen LogP contribution in [0.15, 0.2) is 35.7 Å². The molecule has 1 N–H and O–H groups in total. The quantitative estimate of drug-likeness (QED) is 0.779. The minimum Gasteiger partial charge on any atom is -0.311 e. The van der Waals surface area contributed by atoms with E-state index >= 15 is 0 Å². The van der Waals surface area contributed by atoms with E-state index < -0.39 is 0 Å². The minimum atomic E-state index is 0.301. The molecule has 0 amide bonds. The number of nitrogens with zero attached hydrogens (tertiary/aromatic N) is 1. The van der Waals surface area contributed by atoms with E-state index in [1.54, 1.807) is 11.3 Å². The Morgan fingerprint density at radius 2 is 2.11 bits per heavy atom. The van der Waals surface area contributed by atoms with Gasteiger partial charge in [-0.15, -0.1) is 22.7 Å². The van der Waals surface area contributed by atoms with Crippen LogP contribution in [0.5, 0.6) is 0 Å². The number of hydrogen-bond acceptors (Lipinski definition) is 4. The number of thiophene rings is 1. The van der Waals surface area contributed by atoms with Crippen molar-refractivity contribution < 1.29 is 0 Å². The Kier molecular flexibility index (Phi) is 3.64. The molecule has 2 heterocycles. The molecule has 4 heteroatoms. The molecular weight excluding hydrogens is 272 g/mol. The average molecular weight is 288 g/mol. The lowest BCUT2D eigenvalue weighted by atomic mass is 10.1. The van der Waals surface area contributed by atoms with E-state index in [4.69, 9.17) is 4.98 Å². The topological polar surface area (TPSA) is 24.9 Å². The summed E-state index contributed by atoms with van der Waals surface area (Å²) in [6.07, 6.45) is 1.01. The summed E-state index contributed by atoms with van der Waals surface area (Å²) in [6, 6.07) is 10.8. The van der Waals surface area contributed by atoms with E-state index in [-0.39, 0.29) is 0 Å². The summed E-state index contributed by atoms with van der Waals surface area (Å²) in [5, 5.41) is 6.74. The molecule has 1 atom stereocenters. The van der Waals surface area contributed by atoms with Gasteiger partial charge in [0.25, 0.3) is 0 Å². The van der Waals surface area contributed by atoms with Crippen LogP contribution in [-0.4, -0.2) is 12.0 Å². The van der Waals surface area contributed by atoms with Gasteiger partial charge in [0, 0.05) is 11.3 Å². The zero-order chi connectivity index (χ0) is 13.2. The van der Waals surface area contributed by atoms with Gasteiger partial charge in [-0.2, -0.15) is 0 Å². The van der Waals surface area contributed by atoms with Gasteiger partial charge in [-0.3, -0.25) is 0 Å². The van der Waals surface area contributed by atoms with E-state index in [2.05, 4.69) is 41.9 Å². The number of aromatic nitrogens is 1. The van der Waals surface area contributed by atoms with Crippen molar-refractivity contribution in [2.24, 2.45) is 0 Å². The number of hydrogen-bond donors (Lipinski definition) is 1. The van der Waals surface area contributed by atoms with Crippen molar-refractivity contribution in [1.82, 2.24) is 10.3 Å². The van der Waals surface area contributed by atoms with Crippen molar-refractivity contribution >= 4 is 32.9 Å². The molecule has 0 aliphatic heterocycles. The molecule has 0 bridgehead atoms. The molecule has 1 unspecified atom stereocenters. The highest BCUT2D eigenvalue weighted by atomic mass is 32.1. The smallest absolute Gasteiger partial charge is 0.111 e. The van der Waals surface area contributed by atoms with Crippen LogP contribution < -0.4 is 5.32 Å². The second kappa shape index (κ2) is 5.41. The largest absolute Gasteiger partial charge is 0.311 e. The van der Waals surface area contributed by atoms with Gasteiger partial charge in [-0.05, 0) is 43.1 Å². The van der Waals surface area contributed by atoms with Crippen LogP contribution >= 0.6 is 22.7 Å². The van der Waals surface area contributed by atoms with Crippen LogP contribution in [0, 0.1) is 6.92 Å². The fraction of sp³-hybridized carbons (Fsp3) is 0.267. The first-order valence-corrected chi connectivity index (χ1v) is 8.03. The number of benzene rings is 1. The Balaban J connectivity index is 1.91. The summed E-state index contributed by atoms with van der Waals surface area (Å²) in [6.45, 7) is 2.18. The Labute approximate surface area is 121 Å². The molecule has 1 aromatic carbocycles.